The van der Waals surface area contributed by atoms with Gasteiger partial charge >= 0.3 is 0 Å². The first kappa shape index (κ1) is 14.5. The first-order chi connectivity index (χ1) is 7.53. The minimum Gasteiger partial charge on any atom is -0.348 e. The zero-order chi connectivity index (χ0) is 13.4. The normalized spacial score (nSPS) is 13.2. The van der Waals surface area contributed by atoms with E-state index in [2.05, 4.69) is 63.2 Å². The molecule has 0 unspecified atom stereocenters. The van der Waals surface area contributed by atoms with E-state index in [0.717, 1.165) is 11.6 Å². The molecule has 0 amide bonds. The average Bonchev–Trinajstić information content (AvgIpc) is 2.40. The number of hydrogen-bond donors (Lipinski definition) is 1. The molecule has 0 aliphatic rings. The lowest BCUT2D eigenvalue weighted by Gasteiger charge is -2.41. The third-order valence-electron chi connectivity index (χ3n) is 2.79. The molecule has 3 nitrogen and oxygen atoms in total. The zero-order valence-corrected chi connectivity index (χ0v) is 13.3. The quantitative estimate of drug-likeness (QED) is 0.805. The molecule has 0 saturated heterocycles. The lowest BCUT2D eigenvalue weighted by atomic mass is 10.2. The number of rotatable bonds is 2. The minimum atomic E-state index is -0.333. The maximum atomic E-state index is 4.34. The van der Waals surface area contributed by atoms with Gasteiger partial charge in [-0.15, -0.1) is 0 Å². The predicted octanol–water partition coefficient (Wildman–Crippen LogP) is 4.13. The smallest absolute Gasteiger partial charge is 0.129 e. The number of nitrogens with zero attached hydrogens (tertiary/aromatic N) is 2. The van der Waals surface area contributed by atoms with Crippen molar-refractivity contribution in [3.8, 4) is 0 Å². The van der Waals surface area contributed by atoms with Gasteiger partial charge in [0.05, 0.1) is 6.20 Å². The molecule has 17 heavy (non-hydrogen) atoms. The van der Waals surface area contributed by atoms with Crippen LogP contribution in [0.4, 0.5) is 5.82 Å². The molecule has 0 atom stereocenters. The topological polar surface area (TPSA) is 29.9 Å². The van der Waals surface area contributed by atoms with Crippen molar-refractivity contribution >= 4 is 13.9 Å². The van der Waals surface area contributed by atoms with Crippen molar-refractivity contribution in [2.75, 3.05) is 5.09 Å². The van der Waals surface area contributed by atoms with E-state index in [1.165, 1.54) is 0 Å². The van der Waals surface area contributed by atoms with Crippen LogP contribution in [0.3, 0.4) is 0 Å². The molecule has 1 heterocycles. The van der Waals surface area contributed by atoms with Crippen molar-refractivity contribution in [3.63, 3.8) is 0 Å². The Labute approximate surface area is 107 Å². The van der Waals surface area contributed by atoms with Crippen LogP contribution in [-0.4, -0.2) is 19.9 Å². The van der Waals surface area contributed by atoms with Gasteiger partial charge in [-0.05, 0) is 6.92 Å². The van der Waals surface area contributed by atoms with E-state index < -0.39 is 0 Å². The van der Waals surface area contributed by atoms with Crippen LogP contribution in [0.2, 0.25) is 0 Å². The summed E-state index contributed by atoms with van der Waals surface area (Å²) in [6, 6.07) is 0. The number of aromatic nitrogens is 2. The molecule has 0 saturated carbocycles. The van der Waals surface area contributed by atoms with Crippen LogP contribution in [0.5, 0.6) is 0 Å². The Morgan fingerprint density at radius 2 is 1.59 bits per heavy atom. The van der Waals surface area contributed by atoms with Crippen LogP contribution < -0.4 is 5.09 Å². The van der Waals surface area contributed by atoms with E-state index in [1.807, 2.05) is 13.1 Å². The molecule has 0 bridgehead atoms. The lowest BCUT2D eigenvalue weighted by molar-refractivity contribution is 0.709. The number of imidazole rings is 1. The van der Waals surface area contributed by atoms with Crippen molar-refractivity contribution in [1.29, 1.82) is 0 Å². The van der Waals surface area contributed by atoms with Crippen molar-refractivity contribution in [2.24, 2.45) is 7.05 Å². The highest BCUT2D eigenvalue weighted by molar-refractivity contribution is 7.62. The Kier molecular flexibility index (Phi) is 3.93. The van der Waals surface area contributed by atoms with Crippen molar-refractivity contribution < 1.29 is 0 Å². The summed E-state index contributed by atoms with van der Waals surface area (Å²) in [6.45, 7) is 15.9. The first-order valence-corrected chi connectivity index (χ1v) is 7.43. The summed E-state index contributed by atoms with van der Waals surface area (Å²) < 4.78 is 2.12. The van der Waals surface area contributed by atoms with Crippen LogP contribution in [0.15, 0.2) is 6.20 Å². The molecular weight excluding hydrogens is 229 g/mol. The monoisotopic (exact) mass is 255 g/mol. The third-order valence-corrected chi connectivity index (χ3v) is 5.92. The van der Waals surface area contributed by atoms with Crippen LogP contribution in [0.25, 0.3) is 0 Å². The fraction of sp³-hybridized carbons (Fsp3) is 0.769. The Morgan fingerprint density at radius 1 is 1.12 bits per heavy atom. The molecule has 0 aliphatic carbocycles. The Hall–Kier alpha value is -0.560. The van der Waals surface area contributed by atoms with E-state index in [0.29, 0.717) is 0 Å². The molecular formula is C13H26N3P. The number of hydrogen-bond acceptors (Lipinski definition) is 2. The van der Waals surface area contributed by atoms with Gasteiger partial charge in [0, 0.05) is 25.4 Å². The van der Waals surface area contributed by atoms with Gasteiger partial charge in [-0.25, -0.2) is 4.98 Å². The molecule has 0 aromatic carbocycles. The van der Waals surface area contributed by atoms with Crippen LogP contribution in [-0.2, 0) is 7.05 Å². The largest absolute Gasteiger partial charge is 0.348 e. The second-order valence-corrected chi connectivity index (χ2v) is 10.1. The fourth-order valence-corrected chi connectivity index (χ4v) is 5.18. The van der Waals surface area contributed by atoms with Crippen molar-refractivity contribution in [3.05, 3.63) is 12.0 Å². The highest BCUT2D eigenvalue weighted by atomic mass is 31.1. The summed E-state index contributed by atoms with van der Waals surface area (Å²) >= 11 is 0. The van der Waals surface area contributed by atoms with Gasteiger partial charge in [0.15, 0.2) is 0 Å². The maximum Gasteiger partial charge on any atom is 0.129 e. The molecule has 4 heteroatoms. The standard InChI is InChI=1S/C13H26N3P/c1-10-14-9-11(16(10)8)15-17(12(2,3)4)13(5,6)7/h9,15H,1-8H3. The summed E-state index contributed by atoms with van der Waals surface area (Å²) in [5.41, 5.74) is 0. The summed E-state index contributed by atoms with van der Waals surface area (Å²) in [5.74, 6) is 2.17. The maximum absolute atomic E-state index is 4.34. The zero-order valence-electron chi connectivity index (χ0n) is 12.4. The van der Waals surface area contributed by atoms with Gasteiger partial charge in [0.1, 0.15) is 11.6 Å². The highest BCUT2D eigenvalue weighted by Crippen LogP contribution is 2.58. The Balaban J connectivity index is 3.00. The molecule has 0 radical (unpaired) electrons. The lowest BCUT2D eigenvalue weighted by Crippen LogP contribution is -2.29. The minimum absolute atomic E-state index is 0.270. The summed E-state index contributed by atoms with van der Waals surface area (Å²) in [5, 5.41) is 4.25. The summed E-state index contributed by atoms with van der Waals surface area (Å²) in [7, 11) is 1.73. The van der Waals surface area contributed by atoms with E-state index in [-0.39, 0.29) is 18.4 Å². The highest BCUT2D eigenvalue weighted by Gasteiger charge is 2.35. The Morgan fingerprint density at radius 3 is 1.88 bits per heavy atom. The SMILES string of the molecule is Cc1ncc(NP(C(C)(C)C)C(C)(C)C)n1C. The van der Waals surface area contributed by atoms with Gasteiger partial charge in [-0.3, -0.25) is 0 Å². The fourth-order valence-electron chi connectivity index (χ4n) is 2.06. The molecule has 1 aromatic heterocycles. The number of nitrogens with one attached hydrogen (secondary N) is 1. The molecule has 1 aromatic rings. The summed E-state index contributed by atoms with van der Waals surface area (Å²) in [6.07, 6.45) is 1.93. The van der Waals surface area contributed by atoms with E-state index >= 15 is 0 Å². The van der Waals surface area contributed by atoms with Gasteiger partial charge in [0.25, 0.3) is 0 Å². The van der Waals surface area contributed by atoms with Gasteiger partial charge in [-0.2, -0.15) is 0 Å². The average molecular weight is 255 g/mol. The second kappa shape index (κ2) is 4.61. The first-order valence-electron chi connectivity index (χ1n) is 6.09. The molecule has 0 fully saturated rings. The van der Waals surface area contributed by atoms with Gasteiger partial charge in [0.2, 0.25) is 0 Å². The third kappa shape index (κ3) is 3.45. The molecule has 0 spiro atoms. The van der Waals surface area contributed by atoms with Crippen LogP contribution >= 0.6 is 8.07 Å². The second-order valence-electron chi connectivity index (χ2n) is 6.54. The van der Waals surface area contributed by atoms with Crippen LogP contribution in [0, 0.1) is 6.92 Å². The number of aryl methyl sites for hydroxylation is 1. The predicted molar refractivity (Wildman–Crippen MR) is 78.0 cm³/mol. The molecule has 98 valence electrons. The molecule has 1 N–H and O–H groups in total. The van der Waals surface area contributed by atoms with Crippen molar-refractivity contribution in [1.82, 2.24) is 9.55 Å². The number of anilines is 1. The van der Waals surface area contributed by atoms with Gasteiger partial charge < -0.3 is 9.65 Å². The van der Waals surface area contributed by atoms with Gasteiger partial charge in [-0.1, -0.05) is 41.5 Å². The summed E-state index contributed by atoms with van der Waals surface area (Å²) in [4.78, 5) is 4.34. The van der Waals surface area contributed by atoms with Crippen molar-refractivity contribution in [2.45, 2.75) is 58.8 Å². The van der Waals surface area contributed by atoms with E-state index in [9.17, 15) is 0 Å². The van der Waals surface area contributed by atoms with Crippen LogP contribution in [0.1, 0.15) is 47.4 Å². The van der Waals surface area contributed by atoms with E-state index in [4.69, 9.17) is 0 Å². The Bertz CT molecular complexity index is 368. The molecule has 0 aliphatic heterocycles. The molecule has 1 rings (SSSR count). The van der Waals surface area contributed by atoms with E-state index in [1.54, 1.807) is 0 Å².